The van der Waals surface area contributed by atoms with Crippen molar-refractivity contribution in [2.75, 3.05) is 13.1 Å². The molecule has 150 valence electrons. The van der Waals surface area contributed by atoms with Crippen LogP contribution in [-0.4, -0.2) is 40.8 Å². The molecule has 10 heteroatoms. The average molecular weight is 461 g/mol. The highest BCUT2D eigenvalue weighted by Gasteiger charge is 2.36. The number of nitrogens with zero attached hydrogens (tertiary/aromatic N) is 2. The van der Waals surface area contributed by atoms with E-state index in [0.717, 1.165) is 21.0 Å². The van der Waals surface area contributed by atoms with Gasteiger partial charge in [0.25, 0.3) is 17.5 Å². The molecular weight excluding hydrogens is 444 g/mol. The minimum atomic E-state index is -0.614. The molecule has 3 rings (SSSR count). The van der Waals surface area contributed by atoms with Gasteiger partial charge in [-0.15, -0.1) is 0 Å². The molecule has 0 radical (unpaired) electrons. The van der Waals surface area contributed by atoms with E-state index < -0.39 is 16.7 Å². The summed E-state index contributed by atoms with van der Waals surface area (Å²) < 4.78 is 0.952. The fourth-order valence-electron chi connectivity index (χ4n) is 2.88. The van der Waals surface area contributed by atoms with E-state index in [2.05, 4.69) is 26.6 Å². The third-order valence-electron chi connectivity index (χ3n) is 4.38. The van der Waals surface area contributed by atoms with Crippen LogP contribution < -0.4 is 10.6 Å². The SMILES string of the molecule is O=C(NCCCN1C(=O)c2ccc([N+](=O)[O-])cc2C1=O)NCc1ccc(Br)cc1. The summed E-state index contributed by atoms with van der Waals surface area (Å²) >= 11 is 3.34. The van der Waals surface area contributed by atoms with E-state index in [9.17, 15) is 24.5 Å². The molecule has 2 aromatic rings. The number of fused-ring (bicyclic) bond motifs is 1. The molecule has 0 unspecified atom stereocenters. The van der Waals surface area contributed by atoms with Crippen LogP contribution in [0.25, 0.3) is 0 Å². The number of carbonyl (C=O) groups is 3. The molecule has 29 heavy (non-hydrogen) atoms. The molecular formula is C19H17BrN4O5. The Balaban J connectivity index is 1.45. The van der Waals surface area contributed by atoms with Crippen molar-refractivity contribution in [2.24, 2.45) is 0 Å². The summed E-state index contributed by atoms with van der Waals surface area (Å²) in [5, 5.41) is 16.2. The summed E-state index contributed by atoms with van der Waals surface area (Å²) in [4.78, 5) is 47.8. The Morgan fingerprint density at radius 3 is 2.41 bits per heavy atom. The first-order valence-electron chi connectivity index (χ1n) is 8.77. The van der Waals surface area contributed by atoms with E-state index in [0.29, 0.717) is 13.0 Å². The number of nitrogens with one attached hydrogen (secondary N) is 2. The molecule has 0 aliphatic carbocycles. The standard InChI is InChI=1S/C19H17BrN4O5/c20-13-4-2-12(3-5-13)11-22-19(27)21-8-1-9-23-17(25)15-7-6-14(24(28)29)10-16(15)18(23)26/h2-7,10H,1,8-9,11H2,(H2,21,22,27). The molecule has 9 nitrogen and oxygen atoms in total. The van der Waals surface area contributed by atoms with Crippen LogP contribution in [0.3, 0.4) is 0 Å². The van der Waals surface area contributed by atoms with Crippen molar-refractivity contribution in [1.29, 1.82) is 0 Å². The highest BCUT2D eigenvalue weighted by molar-refractivity contribution is 9.10. The summed E-state index contributed by atoms with van der Waals surface area (Å²) in [6, 6.07) is 10.8. The highest BCUT2D eigenvalue weighted by Crippen LogP contribution is 2.26. The van der Waals surface area contributed by atoms with Crippen LogP contribution in [0.15, 0.2) is 46.9 Å². The van der Waals surface area contributed by atoms with Crippen LogP contribution in [0.4, 0.5) is 10.5 Å². The van der Waals surface area contributed by atoms with Gasteiger partial charge < -0.3 is 10.6 Å². The lowest BCUT2D eigenvalue weighted by Gasteiger charge is -2.14. The summed E-state index contributed by atoms with van der Waals surface area (Å²) in [5.74, 6) is -1.05. The van der Waals surface area contributed by atoms with E-state index in [1.54, 1.807) is 0 Å². The number of halogens is 1. The number of imide groups is 1. The van der Waals surface area contributed by atoms with Gasteiger partial charge in [-0.3, -0.25) is 24.6 Å². The van der Waals surface area contributed by atoms with E-state index in [1.807, 2.05) is 24.3 Å². The summed E-state index contributed by atoms with van der Waals surface area (Å²) in [7, 11) is 0. The molecule has 1 heterocycles. The van der Waals surface area contributed by atoms with Crippen molar-refractivity contribution in [1.82, 2.24) is 15.5 Å². The van der Waals surface area contributed by atoms with Gasteiger partial charge in [0.2, 0.25) is 0 Å². The molecule has 0 fully saturated rings. The molecule has 0 atom stereocenters. The monoisotopic (exact) mass is 460 g/mol. The molecule has 0 spiro atoms. The first kappa shape index (κ1) is 20.5. The molecule has 0 aromatic heterocycles. The zero-order valence-electron chi connectivity index (χ0n) is 15.2. The van der Waals surface area contributed by atoms with Gasteiger partial charge in [0, 0.05) is 36.2 Å². The van der Waals surface area contributed by atoms with Crippen LogP contribution in [-0.2, 0) is 6.54 Å². The predicted molar refractivity (Wildman–Crippen MR) is 107 cm³/mol. The van der Waals surface area contributed by atoms with Crippen LogP contribution in [0.1, 0.15) is 32.7 Å². The van der Waals surface area contributed by atoms with Crippen molar-refractivity contribution in [3.63, 3.8) is 0 Å². The molecule has 4 amide bonds. The molecule has 2 aromatic carbocycles. The normalized spacial score (nSPS) is 12.7. The maximum absolute atomic E-state index is 12.4. The lowest BCUT2D eigenvalue weighted by atomic mass is 10.1. The Morgan fingerprint density at radius 2 is 1.72 bits per heavy atom. The third kappa shape index (κ3) is 4.77. The zero-order chi connectivity index (χ0) is 21.0. The van der Waals surface area contributed by atoms with Crippen LogP contribution in [0.5, 0.6) is 0 Å². The van der Waals surface area contributed by atoms with Crippen LogP contribution >= 0.6 is 15.9 Å². The van der Waals surface area contributed by atoms with Crippen molar-refractivity contribution in [3.05, 3.63) is 73.7 Å². The van der Waals surface area contributed by atoms with Crippen molar-refractivity contribution in [3.8, 4) is 0 Å². The molecule has 2 N–H and O–H groups in total. The lowest BCUT2D eigenvalue weighted by molar-refractivity contribution is -0.384. The number of rotatable bonds is 7. The van der Waals surface area contributed by atoms with Gasteiger partial charge in [0.1, 0.15) is 0 Å². The molecule has 1 aliphatic heterocycles. The average Bonchev–Trinajstić information content (AvgIpc) is 2.94. The fraction of sp³-hybridized carbons (Fsp3) is 0.211. The Hall–Kier alpha value is -3.27. The van der Waals surface area contributed by atoms with Gasteiger partial charge >= 0.3 is 6.03 Å². The lowest BCUT2D eigenvalue weighted by Crippen LogP contribution is -2.37. The Morgan fingerprint density at radius 1 is 1.03 bits per heavy atom. The second-order valence-electron chi connectivity index (χ2n) is 6.34. The maximum Gasteiger partial charge on any atom is 0.315 e. The number of benzene rings is 2. The number of urea groups is 1. The van der Waals surface area contributed by atoms with Crippen molar-refractivity contribution < 1.29 is 19.3 Å². The first-order valence-corrected chi connectivity index (χ1v) is 9.57. The molecule has 1 aliphatic rings. The van der Waals surface area contributed by atoms with Gasteiger partial charge in [0.05, 0.1) is 16.1 Å². The van der Waals surface area contributed by atoms with E-state index in [1.165, 1.54) is 12.1 Å². The summed E-state index contributed by atoms with van der Waals surface area (Å²) in [6.45, 7) is 0.739. The summed E-state index contributed by atoms with van der Waals surface area (Å²) in [6.07, 6.45) is 0.360. The maximum atomic E-state index is 12.4. The zero-order valence-corrected chi connectivity index (χ0v) is 16.8. The number of hydrogen-bond donors (Lipinski definition) is 2. The largest absolute Gasteiger partial charge is 0.338 e. The third-order valence-corrected chi connectivity index (χ3v) is 4.90. The van der Waals surface area contributed by atoms with Crippen molar-refractivity contribution in [2.45, 2.75) is 13.0 Å². The second-order valence-corrected chi connectivity index (χ2v) is 7.25. The topological polar surface area (TPSA) is 122 Å². The van der Waals surface area contributed by atoms with Gasteiger partial charge in [-0.2, -0.15) is 0 Å². The number of hydrogen-bond acceptors (Lipinski definition) is 5. The number of nitro benzene ring substituents is 1. The Kier molecular flexibility index (Phi) is 6.23. The predicted octanol–water partition coefficient (Wildman–Crippen LogP) is 2.84. The van der Waals surface area contributed by atoms with Gasteiger partial charge in [0.15, 0.2) is 0 Å². The van der Waals surface area contributed by atoms with Gasteiger partial charge in [-0.1, -0.05) is 28.1 Å². The van der Waals surface area contributed by atoms with E-state index in [-0.39, 0.29) is 35.9 Å². The van der Waals surface area contributed by atoms with Gasteiger partial charge in [-0.25, -0.2) is 4.79 Å². The molecule has 0 saturated carbocycles. The van der Waals surface area contributed by atoms with E-state index in [4.69, 9.17) is 0 Å². The minimum Gasteiger partial charge on any atom is -0.338 e. The quantitative estimate of drug-likeness (QED) is 0.284. The number of nitro groups is 1. The summed E-state index contributed by atoms with van der Waals surface area (Å²) in [5.41, 5.74) is 0.893. The van der Waals surface area contributed by atoms with E-state index >= 15 is 0 Å². The van der Waals surface area contributed by atoms with Gasteiger partial charge in [-0.05, 0) is 30.2 Å². The fourth-order valence-corrected chi connectivity index (χ4v) is 3.15. The smallest absolute Gasteiger partial charge is 0.315 e. The molecule has 0 saturated heterocycles. The second kappa shape index (κ2) is 8.82. The molecule has 0 bridgehead atoms. The Bertz CT molecular complexity index is 977. The number of non-ortho nitro benzene ring substituents is 1. The Labute approximate surface area is 174 Å². The number of amides is 4. The first-order chi connectivity index (χ1) is 13.9. The van der Waals surface area contributed by atoms with Crippen LogP contribution in [0, 0.1) is 10.1 Å². The van der Waals surface area contributed by atoms with Crippen LogP contribution in [0.2, 0.25) is 0 Å². The van der Waals surface area contributed by atoms with Crippen molar-refractivity contribution >= 4 is 39.5 Å². The minimum absolute atomic E-state index is 0.0319. The highest BCUT2D eigenvalue weighted by atomic mass is 79.9. The number of carbonyl (C=O) groups excluding carboxylic acids is 3.